The molecule has 3 amide bonds. The van der Waals surface area contributed by atoms with Crippen LogP contribution in [-0.4, -0.2) is 200 Å². The number of nitrogens with zero attached hydrogens (tertiary/aromatic N) is 3. The number of amides is 3. The molecule has 0 aromatic heterocycles. The predicted molar refractivity (Wildman–Crippen MR) is 332 cm³/mol. The van der Waals surface area contributed by atoms with Gasteiger partial charge in [-0.15, -0.1) is 12.4 Å². The molecule has 3 aromatic carbocycles. The molecule has 3 saturated heterocycles. The Labute approximate surface area is 599 Å². The molecule has 0 bridgehead atoms. The SMILES string of the molecule is BrCc1ccc(CBr)cc1.CC(C)(C)OC(=O)N1C[C@H](O)C[C@H]1C(=O)O.CC(C)(C)OC(=O)N1C[C@H](OCc2ccc(COCCF)cc2)C[C@H]1C(=O)O.Cl.N[C@@H](CCC(=O)N1C[C@H](OCc2ccc(COCCF)cc2)C[C@H]1C(=O)O)C(=O)O.OCCF.[H-].[H-].[Na+].[Na+]. The van der Waals surface area contributed by atoms with Gasteiger partial charge in [-0.1, -0.05) is 105 Å². The van der Waals surface area contributed by atoms with E-state index in [2.05, 4.69) is 56.1 Å². The number of aliphatic hydroxyl groups is 2. The van der Waals surface area contributed by atoms with Crippen LogP contribution in [0.2, 0.25) is 0 Å². The second kappa shape index (κ2) is 47.2. The van der Waals surface area contributed by atoms with Crippen molar-refractivity contribution >= 4 is 86.2 Å². The molecule has 0 spiro atoms. The van der Waals surface area contributed by atoms with Gasteiger partial charge in [0, 0.05) is 42.9 Å². The molecule has 0 saturated carbocycles. The first-order valence-electron chi connectivity index (χ1n) is 28.2. The van der Waals surface area contributed by atoms with E-state index in [0.29, 0.717) is 19.8 Å². The smallest absolute Gasteiger partial charge is 1.00 e. The van der Waals surface area contributed by atoms with Gasteiger partial charge >= 0.3 is 95.2 Å². The number of benzene rings is 3. The summed E-state index contributed by atoms with van der Waals surface area (Å²) in [6.45, 7) is 9.91. The molecule has 91 heavy (non-hydrogen) atoms. The molecule has 3 fully saturated rings. The number of likely N-dealkylation sites (tertiary alicyclic amines) is 3. The Kier molecular flexibility index (Phi) is 46.4. The Hall–Kier alpha value is -3.69. The van der Waals surface area contributed by atoms with Crippen LogP contribution in [-0.2, 0) is 89.5 Å². The summed E-state index contributed by atoms with van der Waals surface area (Å²) in [6, 6.07) is 19.2. The molecule has 6 rings (SSSR count). The topological polar surface area (TPSA) is 332 Å². The molecule has 0 unspecified atom stereocenters. The van der Waals surface area contributed by atoms with Gasteiger partial charge < -0.3 is 72.5 Å². The summed E-state index contributed by atoms with van der Waals surface area (Å²) in [4.78, 5) is 84.5. The summed E-state index contributed by atoms with van der Waals surface area (Å²) in [5.74, 6) is -4.99. The minimum Gasteiger partial charge on any atom is -1.00 e. The van der Waals surface area contributed by atoms with Crippen molar-refractivity contribution < 1.29 is 168 Å². The van der Waals surface area contributed by atoms with Crippen molar-refractivity contribution in [2.75, 3.05) is 59.5 Å². The van der Waals surface area contributed by atoms with Gasteiger partial charge in [0.2, 0.25) is 5.91 Å². The summed E-state index contributed by atoms with van der Waals surface area (Å²) in [5.41, 5.74) is 10.3. The fourth-order valence-corrected chi connectivity index (χ4v) is 9.06. The minimum absolute atomic E-state index is 0. The maximum atomic E-state index is 12.4. The van der Waals surface area contributed by atoms with Gasteiger partial charge in [-0.25, -0.2) is 37.1 Å². The number of hydrogen-bond acceptors (Lipinski definition) is 16. The van der Waals surface area contributed by atoms with Crippen LogP contribution in [0.3, 0.4) is 0 Å². The standard InChI is InChI=1S/C20H27FN2O7.C20H28FNO6.C10H17NO5.C8H8Br2.C2H5FO.ClH.2Na.2H/c21-7-8-29-11-13-1-3-14(4-2-13)12-30-15-9-17(20(27)28)23(10-15)18(24)6-5-16(22)19(25)26;1-20(2,3)28-19(25)22-11-16(10-17(22)18(23)24)27-13-15-6-4-14(5-7-15)12-26-9-8-21;1-10(2,3)16-9(15)11-5-6(12)4-7(11)8(13)14;9-5-7-1-2-8(6-10)4-3-7;3-1-2-4;;;;;/h1-4,15-17H,5-12,22H2,(H,25,26)(H,27,28);4-7,16-17H,8-13H2,1-3H3,(H,23,24);6-7,12H,4-5H2,1-3H3,(H,13,14);1-4H,5-6H2;4H,1-2H2;1H;;;;/q;;;;;;2*+1;2*-1/t15-,16+,17+;16-,17+;6-,7+;;;;;;;/m111......./s1. The van der Waals surface area contributed by atoms with Gasteiger partial charge in [0.15, 0.2) is 0 Å². The first-order valence-corrected chi connectivity index (χ1v) is 30.4. The number of aliphatic carboxylic acids is 4. The Balaban J connectivity index is -0.000000579. The number of carbonyl (C=O) groups is 7. The summed E-state index contributed by atoms with van der Waals surface area (Å²) in [5, 5.41) is 55.3. The van der Waals surface area contributed by atoms with Crippen LogP contribution in [0.25, 0.3) is 0 Å². The number of nitrogens with two attached hydrogens (primary N) is 1. The Morgan fingerprint density at radius 2 is 0.879 bits per heavy atom. The first kappa shape index (κ1) is 89.4. The van der Waals surface area contributed by atoms with Gasteiger partial charge in [0.25, 0.3) is 0 Å². The summed E-state index contributed by atoms with van der Waals surface area (Å²) >= 11 is 6.78. The van der Waals surface area contributed by atoms with E-state index in [1.807, 2.05) is 48.5 Å². The zero-order chi connectivity index (χ0) is 66.1. The average molecular weight is 1470 g/mol. The third kappa shape index (κ3) is 36.1. The molecule has 3 heterocycles. The van der Waals surface area contributed by atoms with Crippen molar-refractivity contribution in [3.63, 3.8) is 0 Å². The van der Waals surface area contributed by atoms with Crippen molar-refractivity contribution in [1.29, 1.82) is 0 Å². The zero-order valence-corrected chi connectivity index (χ0v) is 60.8. The molecular formula is C60H88Br2ClF3N4Na2O19. The summed E-state index contributed by atoms with van der Waals surface area (Å²) in [6.07, 6.45) is -2.77. The molecule has 8 N–H and O–H groups in total. The van der Waals surface area contributed by atoms with Crippen LogP contribution in [0.5, 0.6) is 0 Å². The van der Waals surface area contributed by atoms with Crippen LogP contribution in [0.1, 0.15) is 110 Å². The number of β-amino-alcohol motifs (C(OH)–C–C–N with tert-alkyl or cyclic N) is 1. The van der Waals surface area contributed by atoms with E-state index < -0.39 is 110 Å². The van der Waals surface area contributed by atoms with Crippen molar-refractivity contribution in [2.24, 2.45) is 5.73 Å². The largest absolute Gasteiger partial charge is 1.00 e. The molecule has 3 aliphatic rings. The molecule has 3 aromatic rings. The average Bonchev–Trinajstić information content (AvgIpc) is 1.92. The molecule has 7 atom stereocenters. The number of alkyl halides is 5. The quantitative estimate of drug-likeness (QED) is 0.0385. The first-order chi connectivity index (χ1) is 41.5. The minimum atomic E-state index is -1.21. The number of carbonyl (C=O) groups excluding carboxylic acids is 3. The number of aliphatic hydroxyl groups excluding tert-OH is 2. The van der Waals surface area contributed by atoms with Gasteiger partial charge in [0.05, 0.1) is 77.6 Å². The molecule has 0 radical (unpaired) electrons. The van der Waals surface area contributed by atoms with Gasteiger partial charge in [0.1, 0.15) is 55.4 Å². The van der Waals surface area contributed by atoms with E-state index in [0.717, 1.165) is 37.8 Å². The van der Waals surface area contributed by atoms with E-state index in [-0.39, 0.29) is 159 Å². The van der Waals surface area contributed by atoms with Crippen LogP contribution >= 0.6 is 44.3 Å². The van der Waals surface area contributed by atoms with Crippen LogP contribution in [0.15, 0.2) is 72.8 Å². The molecule has 506 valence electrons. The van der Waals surface area contributed by atoms with E-state index in [1.54, 1.807) is 41.5 Å². The molecular weight excluding hydrogens is 1380 g/mol. The third-order valence-corrected chi connectivity index (χ3v) is 13.9. The number of hydrogen-bond donors (Lipinski definition) is 7. The Morgan fingerprint density at radius 1 is 0.560 bits per heavy atom. The fourth-order valence-electron chi connectivity index (χ4n) is 8.32. The Bertz CT molecular complexity index is 2590. The number of halogens is 6. The molecule has 31 heteroatoms. The second-order valence-corrected chi connectivity index (χ2v) is 23.3. The maximum Gasteiger partial charge on any atom is 1.00 e. The van der Waals surface area contributed by atoms with Crippen molar-refractivity contribution in [2.45, 2.75) is 164 Å². The summed E-state index contributed by atoms with van der Waals surface area (Å²) in [7, 11) is 0. The molecule has 23 nitrogen and oxygen atoms in total. The number of ether oxygens (including phenoxy) is 6. The predicted octanol–water partition coefficient (Wildman–Crippen LogP) is 2.61. The van der Waals surface area contributed by atoms with E-state index in [9.17, 15) is 62.1 Å². The third-order valence-electron chi connectivity index (χ3n) is 12.6. The maximum absolute atomic E-state index is 12.4. The number of carboxylic acid groups (broad SMARTS) is 4. The van der Waals surface area contributed by atoms with Crippen molar-refractivity contribution in [1.82, 2.24) is 14.7 Å². The number of rotatable bonds is 24. The monoisotopic (exact) mass is 1460 g/mol. The van der Waals surface area contributed by atoms with Crippen molar-refractivity contribution in [3.8, 4) is 0 Å². The summed E-state index contributed by atoms with van der Waals surface area (Å²) < 4.78 is 66.8. The van der Waals surface area contributed by atoms with Crippen LogP contribution < -0.4 is 64.8 Å². The second-order valence-electron chi connectivity index (χ2n) is 22.2. The van der Waals surface area contributed by atoms with E-state index in [1.165, 1.54) is 20.9 Å². The van der Waals surface area contributed by atoms with Gasteiger partial charge in [-0.05, 0) is 81.3 Å². The normalized spacial score (nSPS) is 18.4. The fraction of sp³-hybridized carbons (Fsp3) is 0.583. The molecule has 0 aliphatic carbocycles. The van der Waals surface area contributed by atoms with Crippen LogP contribution in [0, 0.1) is 0 Å². The zero-order valence-electron chi connectivity index (χ0n) is 54.8. The molecule has 3 aliphatic heterocycles. The van der Waals surface area contributed by atoms with Gasteiger partial charge in [-0.2, -0.15) is 0 Å². The Morgan fingerprint density at radius 3 is 1.20 bits per heavy atom. The van der Waals surface area contributed by atoms with Gasteiger partial charge in [-0.3, -0.25) is 19.4 Å². The van der Waals surface area contributed by atoms with Crippen LogP contribution in [0.4, 0.5) is 22.8 Å². The van der Waals surface area contributed by atoms with Crippen molar-refractivity contribution in [3.05, 3.63) is 106 Å². The number of carboxylic acids is 4. The van der Waals surface area contributed by atoms with E-state index in [4.69, 9.17) is 49.5 Å². The van der Waals surface area contributed by atoms with E-state index >= 15 is 0 Å².